The van der Waals surface area contributed by atoms with E-state index in [-0.39, 0.29) is 36.8 Å². The molecule has 112 valence electrons. The molecule has 8 heteroatoms. The van der Waals surface area contributed by atoms with Crippen molar-refractivity contribution in [3.8, 4) is 5.88 Å². The predicted molar refractivity (Wildman–Crippen MR) is 65.4 cm³/mol. The minimum Gasteiger partial charge on any atom is -0.477 e. The van der Waals surface area contributed by atoms with Crippen molar-refractivity contribution in [1.82, 2.24) is 4.98 Å². The molecule has 0 unspecified atom stereocenters. The van der Waals surface area contributed by atoms with Gasteiger partial charge in [-0.1, -0.05) is 0 Å². The van der Waals surface area contributed by atoms with Crippen molar-refractivity contribution in [2.24, 2.45) is 0 Å². The van der Waals surface area contributed by atoms with Crippen molar-refractivity contribution in [1.29, 1.82) is 0 Å². The number of pyridine rings is 1. The van der Waals surface area contributed by atoms with Gasteiger partial charge in [0.05, 0.1) is 25.1 Å². The SMILES string of the molecule is CCOC(=O)c1cc(N)cnc1OCCCC(F)(F)F. The molecule has 0 fully saturated rings. The lowest BCUT2D eigenvalue weighted by molar-refractivity contribution is -0.136. The molecule has 0 spiro atoms. The third kappa shape index (κ3) is 5.33. The summed E-state index contributed by atoms with van der Waals surface area (Å²) in [6, 6.07) is 1.31. The van der Waals surface area contributed by atoms with E-state index in [2.05, 4.69) is 4.98 Å². The monoisotopic (exact) mass is 292 g/mol. The third-order valence-electron chi connectivity index (χ3n) is 2.21. The van der Waals surface area contributed by atoms with Crippen LogP contribution >= 0.6 is 0 Å². The van der Waals surface area contributed by atoms with Crippen LogP contribution in [0.15, 0.2) is 12.3 Å². The highest BCUT2D eigenvalue weighted by Crippen LogP contribution is 2.23. The van der Waals surface area contributed by atoms with E-state index in [9.17, 15) is 18.0 Å². The Morgan fingerprint density at radius 2 is 2.15 bits per heavy atom. The summed E-state index contributed by atoms with van der Waals surface area (Å²) in [5.41, 5.74) is 5.73. The maximum Gasteiger partial charge on any atom is 0.389 e. The van der Waals surface area contributed by atoms with Crippen LogP contribution in [0.2, 0.25) is 0 Å². The summed E-state index contributed by atoms with van der Waals surface area (Å²) in [6.07, 6.45) is -4.17. The second-order valence-electron chi connectivity index (χ2n) is 3.91. The summed E-state index contributed by atoms with van der Waals surface area (Å²) >= 11 is 0. The molecule has 0 saturated carbocycles. The quantitative estimate of drug-likeness (QED) is 0.644. The van der Waals surface area contributed by atoms with Crippen LogP contribution in [0.4, 0.5) is 18.9 Å². The zero-order valence-corrected chi connectivity index (χ0v) is 10.9. The van der Waals surface area contributed by atoms with Crippen LogP contribution in [0.3, 0.4) is 0 Å². The van der Waals surface area contributed by atoms with E-state index in [0.29, 0.717) is 0 Å². The Morgan fingerprint density at radius 3 is 2.75 bits per heavy atom. The number of halogens is 3. The minimum absolute atomic E-state index is 0.00106. The minimum atomic E-state index is -4.23. The molecular weight excluding hydrogens is 277 g/mol. The van der Waals surface area contributed by atoms with Gasteiger partial charge in [-0.15, -0.1) is 0 Å². The Bertz CT molecular complexity index is 464. The lowest BCUT2D eigenvalue weighted by Crippen LogP contribution is -2.13. The molecule has 1 aromatic heterocycles. The van der Waals surface area contributed by atoms with Gasteiger partial charge in [0.2, 0.25) is 5.88 Å². The second kappa shape index (κ2) is 6.97. The number of carbonyl (C=O) groups excluding carboxylic acids is 1. The average Bonchev–Trinajstić information content (AvgIpc) is 2.35. The molecule has 0 aromatic carbocycles. The Labute approximate surface area is 113 Å². The number of nitrogens with two attached hydrogens (primary N) is 1. The zero-order chi connectivity index (χ0) is 15.2. The van der Waals surface area contributed by atoms with Crippen molar-refractivity contribution in [2.45, 2.75) is 25.9 Å². The van der Waals surface area contributed by atoms with E-state index < -0.39 is 18.6 Å². The fraction of sp³-hybridized carbons (Fsp3) is 0.500. The molecule has 0 radical (unpaired) electrons. The maximum absolute atomic E-state index is 12.0. The molecule has 1 heterocycles. The largest absolute Gasteiger partial charge is 0.477 e. The van der Waals surface area contributed by atoms with Crippen molar-refractivity contribution in [3.05, 3.63) is 17.8 Å². The Kier molecular flexibility index (Phi) is 5.60. The van der Waals surface area contributed by atoms with E-state index >= 15 is 0 Å². The Morgan fingerprint density at radius 1 is 1.45 bits per heavy atom. The predicted octanol–water partition coefficient (Wildman–Crippen LogP) is 2.56. The molecule has 2 N–H and O–H groups in total. The lowest BCUT2D eigenvalue weighted by Gasteiger charge is -2.11. The van der Waals surface area contributed by atoms with Crippen LogP contribution in [0.1, 0.15) is 30.1 Å². The van der Waals surface area contributed by atoms with Gasteiger partial charge in [-0.25, -0.2) is 9.78 Å². The maximum atomic E-state index is 12.0. The number of hydrogen-bond acceptors (Lipinski definition) is 5. The summed E-state index contributed by atoms with van der Waals surface area (Å²) in [4.78, 5) is 15.4. The number of aromatic nitrogens is 1. The van der Waals surface area contributed by atoms with Gasteiger partial charge in [-0.3, -0.25) is 0 Å². The topological polar surface area (TPSA) is 74.4 Å². The van der Waals surface area contributed by atoms with Gasteiger partial charge >= 0.3 is 12.1 Å². The molecule has 0 amide bonds. The normalized spacial score (nSPS) is 11.2. The van der Waals surface area contributed by atoms with Gasteiger partial charge < -0.3 is 15.2 Å². The number of hydrogen-bond donors (Lipinski definition) is 1. The first-order valence-corrected chi connectivity index (χ1v) is 5.95. The number of anilines is 1. The van der Waals surface area contributed by atoms with Gasteiger partial charge in [0.1, 0.15) is 5.56 Å². The molecule has 0 aliphatic carbocycles. The molecule has 20 heavy (non-hydrogen) atoms. The summed E-state index contributed by atoms with van der Waals surface area (Å²) in [7, 11) is 0. The third-order valence-corrected chi connectivity index (χ3v) is 2.21. The van der Waals surface area contributed by atoms with E-state index in [4.69, 9.17) is 15.2 Å². The van der Waals surface area contributed by atoms with Crippen LogP contribution in [-0.4, -0.2) is 30.3 Å². The summed E-state index contributed by atoms with van der Waals surface area (Å²) in [5, 5.41) is 0. The molecule has 0 aliphatic rings. The highest BCUT2D eigenvalue weighted by atomic mass is 19.4. The van der Waals surface area contributed by atoms with Crippen LogP contribution in [0.25, 0.3) is 0 Å². The number of rotatable bonds is 6. The van der Waals surface area contributed by atoms with Crippen LogP contribution < -0.4 is 10.5 Å². The lowest BCUT2D eigenvalue weighted by atomic mass is 10.2. The van der Waals surface area contributed by atoms with Gasteiger partial charge in [0.25, 0.3) is 0 Å². The van der Waals surface area contributed by atoms with E-state index in [1.165, 1.54) is 12.3 Å². The standard InChI is InChI=1S/C12H15F3N2O3/c1-2-19-11(18)9-6-8(16)7-17-10(9)20-5-3-4-12(13,14)15/h6-7H,2-5,16H2,1H3. The van der Waals surface area contributed by atoms with E-state index in [0.717, 1.165) is 0 Å². The van der Waals surface area contributed by atoms with Gasteiger partial charge in [0.15, 0.2) is 0 Å². The molecule has 5 nitrogen and oxygen atoms in total. The summed E-state index contributed by atoms with van der Waals surface area (Å²) in [6.45, 7) is 1.57. The van der Waals surface area contributed by atoms with Crippen LogP contribution in [0.5, 0.6) is 5.88 Å². The Hall–Kier alpha value is -1.99. The molecule has 1 aromatic rings. The van der Waals surface area contributed by atoms with Crippen LogP contribution in [-0.2, 0) is 4.74 Å². The number of carbonyl (C=O) groups is 1. The van der Waals surface area contributed by atoms with Crippen molar-refractivity contribution < 1.29 is 27.4 Å². The van der Waals surface area contributed by atoms with Gasteiger partial charge in [-0.05, 0) is 19.4 Å². The first kappa shape index (κ1) is 16.1. The number of nitrogen functional groups attached to an aromatic ring is 1. The van der Waals surface area contributed by atoms with Crippen molar-refractivity contribution in [3.63, 3.8) is 0 Å². The molecule has 0 atom stereocenters. The molecule has 1 rings (SSSR count). The van der Waals surface area contributed by atoms with Crippen LogP contribution in [0, 0.1) is 0 Å². The van der Waals surface area contributed by atoms with Crippen molar-refractivity contribution in [2.75, 3.05) is 18.9 Å². The fourth-order valence-electron chi connectivity index (χ4n) is 1.38. The first-order valence-electron chi connectivity index (χ1n) is 5.95. The molecule has 0 bridgehead atoms. The second-order valence-corrected chi connectivity index (χ2v) is 3.91. The van der Waals surface area contributed by atoms with E-state index in [1.54, 1.807) is 6.92 Å². The number of ether oxygens (including phenoxy) is 2. The highest BCUT2D eigenvalue weighted by molar-refractivity contribution is 5.92. The number of nitrogens with zero attached hydrogens (tertiary/aromatic N) is 1. The highest BCUT2D eigenvalue weighted by Gasteiger charge is 2.26. The zero-order valence-electron chi connectivity index (χ0n) is 10.9. The Balaban J connectivity index is 2.67. The smallest absolute Gasteiger partial charge is 0.389 e. The molecule has 0 saturated heterocycles. The summed E-state index contributed by atoms with van der Waals surface area (Å²) in [5.74, 6) is -0.766. The number of esters is 1. The summed E-state index contributed by atoms with van der Waals surface area (Å²) < 4.78 is 45.8. The molecular formula is C12H15F3N2O3. The van der Waals surface area contributed by atoms with Gasteiger partial charge in [0, 0.05) is 6.42 Å². The fourth-order valence-corrected chi connectivity index (χ4v) is 1.38. The number of alkyl halides is 3. The first-order chi connectivity index (χ1) is 9.33. The van der Waals surface area contributed by atoms with E-state index in [1.807, 2.05) is 0 Å². The van der Waals surface area contributed by atoms with Crippen molar-refractivity contribution >= 4 is 11.7 Å². The van der Waals surface area contributed by atoms with Gasteiger partial charge in [-0.2, -0.15) is 13.2 Å². The average molecular weight is 292 g/mol. The molecule has 0 aliphatic heterocycles.